The van der Waals surface area contributed by atoms with Gasteiger partial charge in [-0.3, -0.25) is 9.59 Å². The van der Waals surface area contributed by atoms with Gasteiger partial charge in [-0.15, -0.1) is 11.3 Å². The van der Waals surface area contributed by atoms with Crippen LogP contribution >= 0.6 is 11.3 Å². The third-order valence-electron chi connectivity index (χ3n) is 7.22. The molecular weight excluding hydrogens is 526 g/mol. The maximum atomic E-state index is 12.9. The number of hydrogen-bond donors (Lipinski definition) is 3. The van der Waals surface area contributed by atoms with Crippen LogP contribution < -0.4 is 15.5 Å². The standard InChI is InChI=1S/C30H29N5O4S/c1-2-26(38)31-17-24(37)22-10-9-18-5-4-8-21(27(18)32-22)25-16-23-28(40-25)30(35-11-13-39-14-12-35)34-29(33-23)19-6-3-7-20(36)15-19/h2-8,15-16,22,32,36H,1,9-14,17H2,(H,31,38). The molecule has 6 rings (SSSR count). The normalized spacial score (nSPS) is 16.7. The van der Waals surface area contributed by atoms with Crippen molar-refractivity contribution < 1.29 is 19.4 Å². The number of amides is 1. The molecule has 4 heterocycles. The number of Topliss-reactive ketones (excluding diaryl/α,β-unsaturated/α-hetero) is 1. The van der Waals surface area contributed by atoms with Crippen molar-refractivity contribution in [3.8, 4) is 27.6 Å². The molecule has 10 heteroatoms. The van der Waals surface area contributed by atoms with E-state index in [-0.39, 0.29) is 24.0 Å². The van der Waals surface area contributed by atoms with Gasteiger partial charge in [-0.1, -0.05) is 36.9 Å². The molecule has 2 aliphatic rings. The Bertz CT molecular complexity index is 1610. The Morgan fingerprint density at radius 3 is 2.80 bits per heavy atom. The van der Waals surface area contributed by atoms with Gasteiger partial charge in [-0.05, 0) is 42.7 Å². The number of anilines is 2. The summed E-state index contributed by atoms with van der Waals surface area (Å²) in [5, 5.41) is 16.1. The number of ketones is 1. The van der Waals surface area contributed by atoms with Gasteiger partial charge in [0.15, 0.2) is 17.4 Å². The number of nitrogens with zero attached hydrogens (tertiary/aromatic N) is 3. The molecule has 1 atom stereocenters. The van der Waals surface area contributed by atoms with Crippen molar-refractivity contribution in [2.45, 2.75) is 18.9 Å². The number of para-hydroxylation sites is 1. The minimum atomic E-state index is -0.394. The summed E-state index contributed by atoms with van der Waals surface area (Å²) in [6.07, 6.45) is 2.58. The number of aryl methyl sites for hydroxylation is 1. The fraction of sp³-hybridized carbons (Fsp3) is 0.267. The average molecular weight is 556 g/mol. The lowest BCUT2D eigenvalue weighted by molar-refractivity contribution is -0.123. The number of thiophene rings is 1. The minimum absolute atomic E-state index is 0.0424. The zero-order chi connectivity index (χ0) is 27.6. The van der Waals surface area contributed by atoms with Gasteiger partial charge in [0.05, 0.1) is 36.0 Å². The van der Waals surface area contributed by atoms with Crippen LogP contribution in [0, 0.1) is 0 Å². The molecule has 0 bridgehead atoms. The maximum absolute atomic E-state index is 12.9. The van der Waals surface area contributed by atoms with Gasteiger partial charge < -0.3 is 25.4 Å². The molecule has 40 heavy (non-hydrogen) atoms. The third-order valence-corrected chi connectivity index (χ3v) is 8.37. The SMILES string of the molecule is C=CC(=O)NCC(=O)C1CCc2cccc(-c3cc4nc(-c5cccc(O)c5)nc(N5CCOCC5)c4s3)c2N1. The summed E-state index contributed by atoms with van der Waals surface area (Å²) in [4.78, 5) is 37.5. The Balaban J connectivity index is 1.39. The molecule has 4 aromatic rings. The molecule has 3 N–H and O–H groups in total. The second-order valence-corrected chi connectivity index (χ2v) is 10.9. The summed E-state index contributed by atoms with van der Waals surface area (Å²) in [6, 6.07) is 14.8. The van der Waals surface area contributed by atoms with Crippen molar-refractivity contribution in [3.63, 3.8) is 0 Å². The first kappa shape index (κ1) is 26.0. The molecule has 1 saturated heterocycles. The highest BCUT2D eigenvalue weighted by atomic mass is 32.1. The van der Waals surface area contributed by atoms with E-state index in [1.165, 1.54) is 0 Å². The highest BCUT2D eigenvalue weighted by Gasteiger charge is 2.27. The molecule has 204 valence electrons. The monoisotopic (exact) mass is 555 g/mol. The molecule has 2 aliphatic heterocycles. The van der Waals surface area contributed by atoms with Gasteiger partial charge in [0, 0.05) is 34.8 Å². The zero-order valence-electron chi connectivity index (χ0n) is 21.9. The van der Waals surface area contributed by atoms with E-state index in [1.807, 2.05) is 12.1 Å². The second-order valence-electron chi connectivity index (χ2n) is 9.81. The van der Waals surface area contributed by atoms with Crippen LogP contribution in [0.25, 0.3) is 32.0 Å². The number of hydrogen-bond acceptors (Lipinski definition) is 9. The Kier molecular flexibility index (Phi) is 7.19. The number of aromatic hydroxyl groups is 1. The van der Waals surface area contributed by atoms with Crippen LogP contribution in [0.5, 0.6) is 5.75 Å². The molecule has 1 fully saturated rings. The van der Waals surface area contributed by atoms with Crippen LogP contribution in [0.4, 0.5) is 11.5 Å². The number of fused-ring (bicyclic) bond motifs is 2. The van der Waals surface area contributed by atoms with E-state index >= 15 is 0 Å². The second kappa shape index (κ2) is 11.1. The summed E-state index contributed by atoms with van der Waals surface area (Å²) in [7, 11) is 0. The number of rotatable bonds is 7. The average Bonchev–Trinajstić information content (AvgIpc) is 3.43. The number of ether oxygens (including phenoxy) is 1. The van der Waals surface area contributed by atoms with Crippen LogP contribution in [0.3, 0.4) is 0 Å². The van der Waals surface area contributed by atoms with Crippen LogP contribution in [-0.2, 0) is 20.7 Å². The van der Waals surface area contributed by atoms with Gasteiger partial charge in [-0.2, -0.15) is 0 Å². The number of carbonyl (C=O) groups is 2. The van der Waals surface area contributed by atoms with Crippen molar-refractivity contribution in [1.82, 2.24) is 15.3 Å². The van der Waals surface area contributed by atoms with Crippen molar-refractivity contribution in [2.24, 2.45) is 0 Å². The maximum Gasteiger partial charge on any atom is 0.243 e. The molecule has 2 aromatic carbocycles. The van der Waals surface area contributed by atoms with E-state index in [4.69, 9.17) is 14.7 Å². The first-order chi connectivity index (χ1) is 19.5. The lowest BCUT2D eigenvalue weighted by Gasteiger charge is -2.28. The largest absolute Gasteiger partial charge is 0.508 e. The Morgan fingerprint density at radius 2 is 2.00 bits per heavy atom. The summed E-state index contributed by atoms with van der Waals surface area (Å²) in [6.45, 7) is 6.11. The van der Waals surface area contributed by atoms with Crippen molar-refractivity contribution in [3.05, 3.63) is 66.7 Å². The fourth-order valence-corrected chi connectivity index (χ4v) is 6.30. The van der Waals surface area contributed by atoms with Crippen LogP contribution in [0.2, 0.25) is 0 Å². The smallest absolute Gasteiger partial charge is 0.243 e. The number of morpholine rings is 1. The van der Waals surface area contributed by atoms with Crippen molar-refractivity contribution in [1.29, 1.82) is 0 Å². The topological polar surface area (TPSA) is 117 Å². The van der Waals surface area contributed by atoms with E-state index in [2.05, 4.69) is 40.3 Å². The van der Waals surface area contributed by atoms with E-state index in [0.29, 0.717) is 25.5 Å². The molecule has 2 aromatic heterocycles. The van der Waals surface area contributed by atoms with Crippen LogP contribution in [-0.4, -0.2) is 65.7 Å². The van der Waals surface area contributed by atoms with Gasteiger partial charge >= 0.3 is 0 Å². The Labute approximate surface area is 235 Å². The van der Waals surface area contributed by atoms with E-state index in [0.717, 1.165) is 68.9 Å². The molecule has 1 unspecified atom stereocenters. The highest BCUT2D eigenvalue weighted by molar-refractivity contribution is 7.22. The number of benzene rings is 2. The Hall–Kier alpha value is -4.28. The minimum Gasteiger partial charge on any atom is -0.508 e. The van der Waals surface area contributed by atoms with Gasteiger partial charge in [-0.25, -0.2) is 9.97 Å². The van der Waals surface area contributed by atoms with Crippen molar-refractivity contribution >= 4 is 44.7 Å². The summed E-state index contributed by atoms with van der Waals surface area (Å²) >= 11 is 1.63. The predicted octanol–water partition coefficient (Wildman–Crippen LogP) is 4.17. The highest BCUT2D eigenvalue weighted by Crippen LogP contribution is 2.43. The number of carbonyl (C=O) groups excluding carboxylic acids is 2. The quantitative estimate of drug-likeness (QED) is 0.291. The molecule has 0 aliphatic carbocycles. The van der Waals surface area contributed by atoms with E-state index in [1.54, 1.807) is 29.5 Å². The van der Waals surface area contributed by atoms with Gasteiger partial charge in [0.25, 0.3) is 0 Å². The first-order valence-corrected chi connectivity index (χ1v) is 14.1. The van der Waals surface area contributed by atoms with E-state index in [9.17, 15) is 14.7 Å². The molecule has 9 nitrogen and oxygen atoms in total. The number of nitrogens with one attached hydrogen (secondary N) is 2. The molecular formula is C30H29N5O4S. The Morgan fingerprint density at radius 1 is 1.18 bits per heavy atom. The molecule has 0 saturated carbocycles. The lowest BCUT2D eigenvalue weighted by Crippen LogP contribution is -2.40. The number of phenolic OH excluding ortho intramolecular Hbond substituents is 1. The van der Waals surface area contributed by atoms with Gasteiger partial charge in [0.2, 0.25) is 5.91 Å². The number of aromatic nitrogens is 2. The third kappa shape index (κ3) is 5.15. The fourth-order valence-electron chi connectivity index (χ4n) is 5.15. The lowest BCUT2D eigenvalue weighted by atomic mass is 9.92. The van der Waals surface area contributed by atoms with Crippen LogP contribution in [0.1, 0.15) is 12.0 Å². The van der Waals surface area contributed by atoms with E-state index < -0.39 is 6.04 Å². The predicted molar refractivity (Wildman–Crippen MR) is 157 cm³/mol. The summed E-state index contributed by atoms with van der Waals surface area (Å²) in [5.74, 6) is 1.14. The summed E-state index contributed by atoms with van der Waals surface area (Å²) in [5.41, 5.74) is 4.65. The van der Waals surface area contributed by atoms with Gasteiger partial charge in [0.1, 0.15) is 5.75 Å². The molecule has 0 spiro atoms. The number of phenols is 1. The molecule has 0 radical (unpaired) electrons. The zero-order valence-corrected chi connectivity index (χ0v) is 22.7. The first-order valence-electron chi connectivity index (χ1n) is 13.3. The molecule has 1 amide bonds. The summed E-state index contributed by atoms with van der Waals surface area (Å²) < 4.78 is 6.57. The van der Waals surface area contributed by atoms with Crippen LogP contribution in [0.15, 0.2) is 61.2 Å². The van der Waals surface area contributed by atoms with Crippen molar-refractivity contribution in [2.75, 3.05) is 43.1 Å².